The summed E-state index contributed by atoms with van der Waals surface area (Å²) < 4.78 is 12.5. The van der Waals surface area contributed by atoms with Crippen molar-refractivity contribution in [2.45, 2.75) is 13.5 Å². The Morgan fingerprint density at radius 3 is 3.06 bits per heavy atom. The van der Waals surface area contributed by atoms with Gasteiger partial charge in [-0.2, -0.15) is 0 Å². The molecule has 6 nitrogen and oxygen atoms in total. The summed E-state index contributed by atoms with van der Waals surface area (Å²) in [5.74, 6) is 1.87. The lowest BCUT2D eigenvalue weighted by Gasteiger charge is -1.95. The van der Waals surface area contributed by atoms with Crippen molar-refractivity contribution in [3.05, 3.63) is 42.2 Å². The fraction of sp³-hybridized carbons (Fsp3) is 0.182. The molecule has 0 bridgehead atoms. The molecule has 0 amide bonds. The molecule has 0 fully saturated rings. The van der Waals surface area contributed by atoms with Gasteiger partial charge in [-0.1, -0.05) is 5.21 Å². The van der Waals surface area contributed by atoms with Gasteiger partial charge in [0.05, 0.1) is 19.0 Å². The van der Waals surface area contributed by atoms with Crippen molar-refractivity contribution in [2.75, 3.05) is 0 Å². The maximum absolute atomic E-state index is 5.54. The molecule has 6 heteroatoms. The largest absolute Gasteiger partial charge is 0.459 e. The molecule has 17 heavy (non-hydrogen) atoms. The molecule has 0 atom stereocenters. The van der Waals surface area contributed by atoms with Gasteiger partial charge in [0.2, 0.25) is 0 Å². The van der Waals surface area contributed by atoms with Gasteiger partial charge in [0.1, 0.15) is 11.5 Å². The molecule has 0 aromatic carbocycles. The Morgan fingerprint density at radius 2 is 2.35 bits per heavy atom. The minimum Gasteiger partial charge on any atom is -0.459 e. The molecule has 0 saturated heterocycles. The third-order valence-electron chi connectivity index (χ3n) is 2.41. The van der Waals surface area contributed by atoms with E-state index in [0.29, 0.717) is 18.2 Å². The molecule has 0 radical (unpaired) electrons. The zero-order valence-electron chi connectivity index (χ0n) is 9.20. The number of aryl methyl sites for hydroxylation is 1. The van der Waals surface area contributed by atoms with Gasteiger partial charge in [-0.15, -0.1) is 5.10 Å². The molecule has 0 aliphatic heterocycles. The van der Waals surface area contributed by atoms with Crippen LogP contribution in [0.3, 0.4) is 0 Å². The zero-order valence-corrected chi connectivity index (χ0v) is 9.20. The van der Waals surface area contributed by atoms with Crippen molar-refractivity contribution in [1.82, 2.24) is 20.0 Å². The van der Waals surface area contributed by atoms with Crippen LogP contribution in [0.4, 0.5) is 0 Å². The second kappa shape index (κ2) is 3.89. The standard InChI is InChI=1S/C11H10N4O2/c1-8-9(7-15-5-4-12-14-15)13-11(17-8)10-3-2-6-16-10/h2-6H,7H2,1H3. The first-order valence-corrected chi connectivity index (χ1v) is 5.17. The molecule has 3 aromatic rings. The monoisotopic (exact) mass is 230 g/mol. The van der Waals surface area contributed by atoms with Crippen molar-refractivity contribution in [3.63, 3.8) is 0 Å². The predicted molar refractivity (Wildman–Crippen MR) is 58.1 cm³/mol. The van der Waals surface area contributed by atoms with Crippen LogP contribution in [-0.4, -0.2) is 20.0 Å². The topological polar surface area (TPSA) is 69.9 Å². The van der Waals surface area contributed by atoms with Crippen molar-refractivity contribution in [1.29, 1.82) is 0 Å². The van der Waals surface area contributed by atoms with E-state index in [4.69, 9.17) is 8.83 Å². The van der Waals surface area contributed by atoms with Gasteiger partial charge in [-0.05, 0) is 19.1 Å². The van der Waals surface area contributed by atoms with Crippen LogP contribution in [0, 0.1) is 6.92 Å². The van der Waals surface area contributed by atoms with Crippen molar-refractivity contribution in [2.24, 2.45) is 0 Å². The molecular formula is C11H10N4O2. The summed E-state index contributed by atoms with van der Waals surface area (Å²) in [5, 5.41) is 7.63. The maximum Gasteiger partial charge on any atom is 0.263 e. The van der Waals surface area contributed by atoms with E-state index in [1.165, 1.54) is 0 Å². The molecule has 0 spiro atoms. The first kappa shape index (κ1) is 9.83. The highest BCUT2D eigenvalue weighted by molar-refractivity contribution is 5.44. The van der Waals surface area contributed by atoms with Crippen LogP contribution >= 0.6 is 0 Å². The zero-order chi connectivity index (χ0) is 11.7. The summed E-state index contributed by atoms with van der Waals surface area (Å²) in [6, 6.07) is 3.61. The summed E-state index contributed by atoms with van der Waals surface area (Å²) in [6.07, 6.45) is 5.00. The van der Waals surface area contributed by atoms with E-state index in [0.717, 1.165) is 11.5 Å². The van der Waals surface area contributed by atoms with Gasteiger partial charge < -0.3 is 8.83 Å². The minimum atomic E-state index is 0.489. The third-order valence-corrected chi connectivity index (χ3v) is 2.41. The molecular weight excluding hydrogens is 220 g/mol. The lowest BCUT2D eigenvalue weighted by molar-refractivity contribution is 0.498. The average Bonchev–Trinajstić information content (AvgIpc) is 3.02. The summed E-state index contributed by atoms with van der Waals surface area (Å²) in [4.78, 5) is 4.38. The van der Waals surface area contributed by atoms with Crippen LogP contribution in [0.15, 0.2) is 39.6 Å². The summed E-state index contributed by atoms with van der Waals surface area (Å²) in [7, 11) is 0. The van der Waals surface area contributed by atoms with Gasteiger partial charge >= 0.3 is 0 Å². The number of furan rings is 1. The molecule has 86 valence electrons. The molecule has 3 rings (SSSR count). The van der Waals surface area contributed by atoms with Crippen LogP contribution in [-0.2, 0) is 6.54 Å². The number of oxazole rings is 1. The van der Waals surface area contributed by atoms with Gasteiger partial charge in [0.15, 0.2) is 5.76 Å². The van der Waals surface area contributed by atoms with Crippen LogP contribution in [0.2, 0.25) is 0 Å². The van der Waals surface area contributed by atoms with E-state index in [-0.39, 0.29) is 0 Å². The summed E-state index contributed by atoms with van der Waals surface area (Å²) >= 11 is 0. The Morgan fingerprint density at radius 1 is 1.41 bits per heavy atom. The summed E-state index contributed by atoms with van der Waals surface area (Å²) in [5.41, 5.74) is 0.821. The van der Waals surface area contributed by atoms with Crippen molar-refractivity contribution in [3.8, 4) is 11.7 Å². The van der Waals surface area contributed by atoms with E-state index in [1.807, 2.05) is 13.0 Å². The Bertz CT molecular complexity index is 596. The van der Waals surface area contributed by atoms with E-state index in [1.54, 1.807) is 29.4 Å². The Labute approximate surface area is 96.9 Å². The minimum absolute atomic E-state index is 0.489. The molecule has 0 saturated carbocycles. The van der Waals surface area contributed by atoms with Crippen LogP contribution in [0.5, 0.6) is 0 Å². The van der Waals surface area contributed by atoms with Crippen LogP contribution < -0.4 is 0 Å². The van der Waals surface area contributed by atoms with Gasteiger partial charge in [-0.25, -0.2) is 9.67 Å². The van der Waals surface area contributed by atoms with Gasteiger partial charge in [0, 0.05) is 6.20 Å². The van der Waals surface area contributed by atoms with E-state index in [9.17, 15) is 0 Å². The highest BCUT2D eigenvalue weighted by Crippen LogP contribution is 2.22. The molecule has 3 heterocycles. The first-order chi connectivity index (χ1) is 8.33. The number of hydrogen-bond acceptors (Lipinski definition) is 5. The van der Waals surface area contributed by atoms with Crippen molar-refractivity contribution >= 4 is 0 Å². The highest BCUT2D eigenvalue weighted by atomic mass is 16.4. The molecule has 0 unspecified atom stereocenters. The smallest absolute Gasteiger partial charge is 0.263 e. The molecule has 3 aromatic heterocycles. The Hall–Kier alpha value is -2.37. The number of rotatable bonds is 3. The molecule has 0 N–H and O–H groups in total. The SMILES string of the molecule is Cc1oc(-c2ccco2)nc1Cn1ccnn1. The molecule has 0 aliphatic carbocycles. The second-order valence-electron chi connectivity index (χ2n) is 3.60. The van der Waals surface area contributed by atoms with E-state index < -0.39 is 0 Å². The molecule has 0 aliphatic rings. The average molecular weight is 230 g/mol. The van der Waals surface area contributed by atoms with E-state index in [2.05, 4.69) is 15.3 Å². The van der Waals surface area contributed by atoms with E-state index >= 15 is 0 Å². The van der Waals surface area contributed by atoms with Crippen LogP contribution in [0.25, 0.3) is 11.7 Å². The second-order valence-corrected chi connectivity index (χ2v) is 3.60. The lowest BCUT2D eigenvalue weighted by Crippen LogP contribution is -2.02. The fourth-order valence-corrected chi connectivity index (χ4v) is 1.55. The maximum atomic E-state index is 5.54. The normalized spacial score (nSPS) is 10.9. The first-order valence-electron chi connectivity index (χ1n) is 5.17. The number of nitrogens with zero attached hydrogens (tertiary/aromatic N) is 4. The number of aromatic nitrogens is 4. The third kappa shape index (κ3) is 1.84. The predicted octanol–water partition coefficient (Wildman–Crippen LogP) is 1.88. The lowest BCUT2D eigenvalue weighted by atomic mass is 10.3. The van der Waals surface area contributed by atoms with Crippen molar-refractivity contribution < 1.29 is 8.83 Å². The van der Waals surface area contributed by atoms with Crippen LogP contribution in [0.1, 0.15) is 11.5 Å². The number of hydrogen-bond donors (Lipinski definition) is 0. The Kier molecular flexibility index (Phi) is 2.25. The fourth-order valence-electron chi connectivity index (χ4n) is 1.55. The highest BCUT2D eigenvalue weighted by Gasteiger charge is 2.13. The Balaban J connectivity index is 1.91. The summed E-state index contributed by atoms with van der Waals surface area (Å²) in [6.45, 7) is 2.40. The van der Waals surface area contributed by atoms with Gasteiger partial charge in [-0.3, -0.25) is 0 Å². The van der Waals surface area contributed by atoms with Gasteiger partial charge in [0.25, 0.3) is 5.89 Å². The quantitative estimate of drug-likeness (QED) is 0.687.